The van der Waals surface area contributed by atoms with E-state index in [4.69, 9.17) is 13.8 Å². The number of halogens is 1. The van der Waals surface area contributed by atoms with E-state index in [9.17, 15) is 4.39 Å². The number of fused-ring (bicyclic) bond motifs is 7. The monoisotopic (exact) mass is 1040 g/mol. The van der Waals surface area contributed by atoms with Crippen LogP contribution in [0, 0.1) is 17.9 Å². The third-order valence-corrected chi connectivity index (χ3v) is 13.9. The maximum atomic E-state index is 14.0. The summed E-state index contributed by atoms with van der Waals surface area (Å²) in [5.41, 5.74) is 12.9. The number of hydrogen-bond acceptors (Lipinski definition) is 4. The quantitative estimate of drug-likeness (QED) is 0.123. The van der Waals surface area contributed by atoms with Crippen LogP contribution in [0.3, 0.4) is 0 Å². The van der Waals surface area contributed by atoms with Gasteiger partial charge in [-0.05, 0) is 82.2 Å². The van der Waals surface area contributed by atoms with Crippen LogP contribution in [0.5, 0.6) is 0 Å². The van der Waals surface area contributed by atoms with Crippen molar-refractivity contribution in [2.75, 3.05) is 0 Å². The van der Waals surface area contributed by atoms with Gasteiger partial charge in [-0.25, -0.2) is 4.39 Å². The van der Waals surface area contributed by atoms with E-state index in [1.807, 2.05) is 79.0 Å². The second-order valence-electron chi connectivity index (χ2n) is 17.0. The molecule has 65 heavy (non-hydrogen) atoms. The van der Waals surface area contributed by atoms with E-state index in [1.165, 1.54) is 17.3 Å². The Bertz CT molecular complexity index is 3670. The second-order valence-corrected chi connectivity index (χ2v) is 22.0. The van der Waals surface area contributed by atoms with Crippen molar-refractivity contribution in [3.8, 4) is 50.6 Å². The maximum Gasteiger partial charge on any atom is 0.136 e. The zero-order valence-electron chi connectivity index (χ0n) is 35.8. The van der Waals surface area contributed by atoms with Crippen LogP contribution in [-0.4, -0.2) is 22.6 Å². The molecular weight excluding hydrogens is 998 g/mol. The van der Waals surface area contributed by atoms with Gasteiger partial charge in [-0.2, -0.15) is 0 Å². The topological polar surface area (TPSA) is 57.0 Å². The van der Waals surface area contributed by atoms with Crippen LogP contribution >= 0.6 is 0 Å². The van der Waals surface area contributed by atoms with Crippen LogP contribution in [0.25, 0.3) is 105 Å². The van der Waals surface area contributed by atoms with Gasteiger partial charge in [0.05, 0.1) is 30.5 Å². The van der Waals surface area contributed by atoms with E-state index in [1.54, 1.807) is 6.07 Å². The number of pyridine rings is 1. The van der Waals surface area contributed by atoms with Crippen molar-refractivity contribution in [3.05, 3.63) is 206 Å². The predicted octanol–water partition coefficient (Wildman–Crippen LogP) is 14.9. The first-order chi connectivity index (χ1) is 31.3. The van der Waals surface area contributed by atoms with Crippen molar-refractivity contribution < 1.29 is 33.3 Å². The third kappa shape index (κ3) is 7.80. The first-order valence-electron chi connectivity index (χ1n) is 21.3. The fraction of sp³-hybridized carbons (Fsp3) is 0.0526. The van der Waals surface area contributed by atoms with Crippen molar-refractivity contribution >= 4 is 68.2 Å². The Hall–Kier alpha value is -7.22. The molecule has 4 aromatic heterocycles. The number of hydrogen-bond donors (Lipinski definition) is 0. The van der Waals surface area contributed by atoms with Crippen LogP contribution in [0.15, 0.2) is 197 Å². The summed E-state index contributed by atoms with van der Waals surface area (Å²) in [6.07, 6.45) is 2.02. The Labute approximate surface area is 390 Å². The minimum atomic E-state index is -1.23. The number of para-hydroxylation sites is 3. The number of furan rings is 2. The molecule has 0 aliphatic heterocycles. The van der Waals surface area contributed by atoms with Gasteiger partial charge in [0.2, 0.25) is 0 Å². The molecule has 0 spiro atoms. The molecule has 1 radical (unpaired) electrons. The molecule has 8 heteroatoms. The minimum absolute atomic E-state index is 0. The van der Waals surface area contributed by atoms with Crippen LogP contribution < -0.4 is 5.19 Å². The summed E-state index contributed by atoms with van der Waals surface area (Å²) in [5, 5.41) is 5.05. The molecule has 8 aromatic carbocycles. The number of aromatic nitrogens is 3. The van der Waals surface area contributed by atoms with Crippen LogP contribution in [0.1, 0.15) is 0 Å². The summed E-state index contributed by atoms with van der Waals surface area (Å²) in [4.78, 5) is 9.69. The first-order valence-corrected chi connectivity index (χ1v) is 24.8. The summed E-state index contributed by atoms with van der Waals surface area (Å²) in [5.74, 6) is 0.480. The predicted molar refractivity (Wildman–Crippen MR) is 262 cm³/mol. The summed E-state index contributed by atoms with van der Waals surface area (Å²) < 4.78 is 28.9. The zero-order valence-corrected chi connectivity index (χ0v) is 39.2. The van der Waals surface area contributed by atoms with E-state index >= 15 is 0 Å². The van der Waals surface area contributed by atoms with Gasteiger partial charge in [0, 0.05) is 53.7 Å². The van der Waals surface area contributed by atoms with Crippen molar-refractivity contribution in [2.24, 2.45) is 0 Å². The fourth-order valence-corrected chi connectivity index (χ4v) is 9.57. The number of nitrogens with zero attached hydrogens (tertiary/aromatic N) is 3. The molecule has 0 atom stereocenters. The molecule has 5 nitrogen and oxygen atoms in total. The number of benzene rings is 8. The standard InChI is InChI=1S/C43H24FN2O2.C14H16NSi.Ir/c44-29-19-22-39-35(25-29)32-21-18-27(23-40(32)47-39)28-17-20-31-33-12-8-13-34(42(33)48-41(31)24-28)43-45-36-14-5-7-16-38(36)46(43)37-15-6-4-11-30(37)26-9-2-1-3-10-26;1-16(2,3)13-9-10-14(15-11-13)12-7-5-4-6-8-12;/h1-12,14-25H;4-7,9-11H,1-3H3;/q2*-1;. The number of imidazole rings is 1. The molecule has 0 N–H and O–H groups in total. The molecular formula is C57H40FIrN3O2Si-2. The molecule has 0 unspecified atom stereocenters. The SMILES string of the molecule is C[Si](C)(C)c1ccc(-c2[c-]cccc2)nc1.Fc1ccc2oc3cc(-c4ccc5c(c4)oc4c(-c6nc7ccccc7n6-c6ccccc6-c6ccccc6)[c-]ccc45)ccc3c2c1.[Ir]. The third-order valence-electron chi connectivity index (χ3n) is 11.8. The van der Waals surface area contributed by atoms with Gasteiger partial charge in [-0.15, -0.1) is 54.1 Å². The molecule has 4 heterocycles. The Balaban J connectivity index is 0.000000249. The van der Waals surface area contributed by atoms with Crippen LogP contribution in [-0.2, 0) is 20.1 Å². The molecule has 0 saturated heterocycles. The van der Waals surface area contributed by atoms with Gasteiger partial charge < -0.3 is 18.4 Å². The molecule has 12 rings (SSSR count). The Morgan fingerprint density at radius 2 is 1.29 bits per heavy atom. The average molecular weight is 1040 g/mol. The van der Waals surface area contributed by atoms with Crippen LogP contribution in [0.2, 0.25) is 19.6 Å². The largest absolute Gasteiger partial charge is 0.501 e. The van der Waals surface area contributed by atoms with Gasteiger partial charge in [0.25, 0.3) is 0 Å². The fourth-order valence-electron chi connectivity index (χ4n) is 8.53. The molecule has 0 bridgehead atoms. The zero-order chi connectivity index (χ0) is 43.4. The second kappa shape index (κ2) is 17.1. The molecule has 0 fully saturated rings. The molecule has 0 aliphatic carbocycles. The van der Waals surface area contributed by atoms with E-state index in [2.05, 4.69) is 132 Å². The first kappa shape index (κ1) is 41.8. The maximum absolute atomic E-state index is 14.0. The summed E-state index contributed by atoms with van der Waals surface area (Å²) in [6, 6.07) is 66.9. The van der Waals surface area contributed by atoms with Gasteiger partial charge >= 0.3 is 0 Å². The van der Waals surface area contributed by atoms with Crippen molar-refractivity contribution in [1.29, 1.82) is 0 Å². The van der Waals surface area contributed by atoms with Crippen LogP contribution in [0.4, 0.5) is 4.39 Å². The van der Waals surface area contributed by atoms with Crippen molar-refractivity contribution in [3.63, 3.8) is 0 Å². The smallest absolute Gasteiger partial charge is 0.136 e. The van der Waals surface area contributed by atoms with Gasteiger partial charge in [0.1, 0.15) is 22.6 Å². The minimum Gasteiger partial charge on any atom is -0.501 e. The molecule has 0 saturated carbocycles. The van der Waals surface area contributed by atoms with E-state index in [0.717, 1.165) is 94.3 Å². The van der Waals surface area contributed by atoms with Gasteiger partial charge in [0.15, 0.2) is 0 Å². The van der Waals surface area contributed by atoms with Crippen molar-refractivity contribution in [1.82, 2.24) is 14.5 Å². The van der Waals surface area contributed by atoms with Crippen molar-refractivity contribution in [2.45, 2.75) is 19.6 Å². The van der Waals surface area contributed by atoms with Gasteiger partial charge in [-0.3, -0.25) is 4.98 Å². The summed E-state index contributed by atoms with van der Waals surface area (Å²) in [6.45, 7) is 7.00. The number of rotatable bonds is 6. The summed E-state index contributed by atoms with van der Waals surface area (Å²) in [7, 11) is -1.23. The Kier molecular flexibility index (Phi) is 11.0. The summed E-state index contributed by atoms with van der Waals surface area (Å²) >= 11 is 0. The molecule has 317 valence electrons. The average Bonchev–Trinajstić information content (AvgIpc) is 4.03. The Morgan fingerprint density at radius 3 is 2.05 bits per heavy atom. The molecule has 0 aliphatic rings. The molecule has 0 amide bonds. The van der Waals surface area contributed by atoms with E-state index < -0.39 is 8.07 Å². The molecule has 12 aromatic rings. The normalized spacial score (nSPS) is 11.6. The Morgan fingerprint density at radius 1 is 0.569 bits per heavy atom. The van der Waals surface area contributed by atoms with E-state index in [0.29, 0.717) is 11.2 Å². The van der Waals surface area contributed by atoms with Gasteiger partial charge in [-0.1, -0.05) is 122 Å². The van der Waals surface area contributed by atoms with E-state index in [-0.39, 0.29) is 25.9 Å².